The average molecular weight is 152 g/mol. The van der Waals surface area contributed by atoms with E-state index in [9.17, 15) is 0 Å². The lowest BCUT2D eigenvalue weighted by Crippen LogP contribution is -2.04. The Labute approximate surface area is 65.9 Å². The van der Waals surface area contributed by atoms with Gasteiger partial charge in [0.2, 0.25) is 0 Å². The van der Waals surface area contributed by atoms with E-state index in [1.165, 1.54) is 6.42 Å². The zero-order chi connectivity index (χ0) is 7.14. The van der Waals surface area contributed by atoms with Crippen LogP contribution in [0.1, 0.15) is 30.2 Å². The molecule has 1 aromatic rings. The molecule has 1 heteroatoms. The van der Waals surface area contributed by atoms with Crippen LogP contribution < -0.4 is 0 Å². The first-order valence-electron chi connectivity index (χ1n) is 3.84. The maximum absolute atomic E-state index is 2.36. The van der Waals surface area contributed by atoms with Crippen molar-refractivity contribution in [1.29, 1.82) is 0 Å². The molecule has 10 heavy (non-hydrogen) atoms. The first-order chi connectivity index (χ1) is 4.77. The Kier molecular flexibility index (Phi) is 1.34. The molecule has 0 spiro atoms. The Balaban J connectivity index is 2.28. The predicted octanol–water partition coefficient (Wildman–Crippen LogP) is 3.04. The van der Waals surface area contributed by atoms with Gasteiger partial charge in [0.25, 0.3) is 0 Å². The third kappa shape index (κ3) is 0.807. The molecule has 1 atom stereocenters. The Morgan fingerprint density at radius 1 is 1.60 bits per heavy atom. The Morgan fingerprint density at radius 2 is 2.40 bits per heavy atom. The van der Waals surface area contributed by atoms with Crippen molar-refractivity contribution in [3.63, 3.8) is 0 Å². The van der Waals surface area contributed by atoms with Gasteiger partial charge in [-0.3, -0.25) is 0 Å². The highest BCUT2D eigenvalue weighted by Crippen LogP contribution is 2.38. The van der Waals surface area contributed by atoms with Crippen molar-refractivity contribution >= 4 is 11.3 Å². The van der Waals surface area contributed by atoms with Crippen molar-refractivity contribution in [1.82, 2.24) is 0 Å². The smallest absolute Gasteiger partial charge is 0.00543 e. The molecule has 1 unspecified atom stereocenters. The van der Waals surface area contributed by atoms with E-state index < -0.39 is 0 Å². The summed E-state index contributed by atoms with van der Waals surface area (Å²) in [6.45, 7) is 4.62. The second-order valence-electron chi connectivity index (χ2n) is 3.40. The highest BCUT2D eigenvalue weighted by molar-refractivity contribution is 7.10. The normalized spacial score (nSPS) is 22.5. The fourth-order valence-electron chi connectivity index (χ4n) is 1.65. The minimum Gasteiger partial charge on any atom is -0.149 e. The van der Waals surface area contributed by atoms with E-state index in [1.807, 2.05) is 11.3 Å². The molecule has 1 aliphatic rings. The SMILES string of the molecule is CC(C)C1Cc2cc1cs2. The van der Waals surface area contributed by atoms with Crippen LogP contribution in [0.4, 0.5) is 0 Å². The van der Waals surface area contributed by atoms with Gasteiger partial charge >= 0.3 is 0 Å². The number of rotatable bonds is 1. The molecule has 1 aliphatic carbocycles. The van der Waals surface area contributed by atoms with Crippen LogP contribution >= 0.6 is 11.3 Å². The second kappa shape index (κ2) is 2.09. The lowest BCUT2D eigenvalue weighted by atomic mass is 9.92. The van der Waals surface area contributed by atoms with Gasteiger partial charge in [0.15, 0.2) is 0 Å². The molecular formula is C9H12S. The molecule has 54 valence electrons. The van der Waals surface area contributed by atoms with E-state index in [0.717, 1.165) is 11.8 Å². The zero-order valence-corrected chi connectivity index (χ0v) is 7.24. The van der Waals surface area contributed by atoms with E-state index in [0.29, 0.717) is 0 Å². The van der Waals surface area contributed by atoms with E-state index in [-0.39, 0.29) is 0 Å². The Bertz CT molecular complexity index is 235. The van der Waals surface area contributed by atoms with E-state index >= 15 is 0 Å². The van der Waals surface area contributed by atoms with Crippen LogP contribution in [0.3, 0.4) is 0 Å². The van der Waals surface area contributed by atoms with Crippen LogP contribution in [-0.2, 0) is 6.42 Å². The quantitative estimate of drug-likeness (QED) is 0.580. The fourth-order valence-corrected chi connectivity index (χ4v) is 2.66. The molecule has 1 heterocycles. The largest absolute Gasteiger partial charge is 0.149 e. The van der Waals surface area contributed by atoms with Gasteiger partial charge in [-0.2, -0.15) is 0 Å². The minimum atomic E-state index is 0.820. The first kappa shape index (κ1) is 6.41. The highest BCUT2D eigenvalue weighted by atomic mass is 32.1. The summed E-state index contributed by atoms with van der Waals surface area (Å²) in [5, 5.41) is 2.31. The fraction of sp³-hybridized carbons (Fsp3) is 0.556. The third-order valence-electron chi connectivity index (χ3n) is 2.33. The summed E-state index contributed by atoms with van der Waals surface area (Å²) in [5.74, 6) is 1.66. The van der Waals surface area contributed by atoms with Crippen LogP contribution in [0.15, 0.2) is 11.4 Å². The van der Waals surface area contributed by atoms with Gasteiger partial charge in [-0.05, 0) is 35.3 Å². The minimum absolute atomic E-state index is 0.820. The summed E-state index contributed by atoms with van der Waals surface area (Å²) < 4.78 is 0. The topological polar surface area (TPSA) is 0 Å². The molecule has 0 aromatic carbocycles. The van der Waals surface area contributed by atoms with Crippen LogP contribution in [0, 0.1) is 5.92 Å². The van der Waals surface area contributed by atoms with Crippen molar-refractivity contribution in [2.75, 3.05) is 0 Å². The molecule has 2 rings (SSSR count). The monoisotopic (exact) mass is 152 g/mol. The highest BCUT2D eigenvalue weighted by Gasteiger charge is 2.23. The van der Waals surface area contributed by atoms with Gasteiger partial charge in [0.1, 0.15) is 0 Å². The molecule has 0 saturated carbocycles. The van der Waals surface area contributed by atoms with E-state index in [1.54, 1.807) is 10.4 Å². The van der Waals surface area contributed by atoms with E-state index in [4.69, 9.17) is 0 Å². The van der Waals surface area contributed by atoms with Crippen LogP contribution in [0.25, 0.3) is 0 Å². The molecular weight excluding hydrogens is 140 g/mol. The van der Waals surface area contributed by atoms with Crippen LogP contribution in [0.5, 0.6) is 0 Å². The summed E-state index contributed by atoms with van der Waals surface area (Å²) in [5.41, 5.74) is 1.58. The van der Waals surface area contributed by atoms with Crippen molar-refractivity contribution in [3.05, 3.63) is 21.9 Å². The van der Waals surface area contributed by atoms with Crippen LogP contribution in [0.2, 0.25) is 0 Å². The van der Waals surface area contributed by atoms with Crippen LogP contribution in [-0.4, -0.2) is 0 Å². The van der Waals surface area contributed by atoms with Crippen molar-refractivity contribution in [2.45, 2.75) is 26.2 Å². The van der Waals surface area contributed by atoms with Gasteiger partial charge < -0.3 is 0 Å². The molecule has 0 saturated heterocycles. The van der Waals surface area contributed by atoms with Crippen molar-refractivity contribution in [3.8, 4) is 0 Å². The maximum Gasteiger partial charge on any atom is 0.00543 e. The van der Waals surface area contributed by atoms with Gasteiger partial charge in [-0.15, -0.1) is 11.3 Å². The lowest BCUT2D eigenvalue weighted by molar-refractivity contribution is 0.510. The average Bonchev–Trinajstić information content (AvgIpc) is 2.44. The molecule has 0 radical (unpaired) electrons. The lowest BCUT2D eigenvalue weighted by Gasteiger charge is -2.16. The number of fused-ring (bicyclic) bond motifs is 2. The zero-order valence-electron chi connectivity index (χ0n) is 6.42. The number of hydrogen-bond donors (Lipinski definition) is 0. The molecule has 0 nitrogen and oxygen atoms in total. The number of hydrogen-bond acceptors (Lipinski definition) is 1. The van der Waals surface area contributed by atoms with Gasteiger partial charge in [-0.1, -0.05) is 13.8 Å². The Morgan fingerprint density at radius 3 is 2.70 bits per heavy atom. The summed E-state index contributed by atoms with van der Waals surface area (Å²) >= 11 is 1.91. The summed E-state index contributed by atoms with van der Waals surface area (Å²) in [6, 6.07) is 2.36. The van der Waals surface area contributed by atoms with Gasteiger partial charge in [0.05, 0.1) is 0 Å². The molecule has 0 fully saturated rings. The standard InChI is InChI=1S/C9H12S/c1-6(2)9-4-8-3-7(9)5-10-8/h3,5-6,9H,4H2,1-2H3. The maximum atomic E-state index is 2.36. The molecule has 0 N–H and O–H groups in total. The first-order valence-corrected chi connectivity index (χ1v) is 4.72. The van der Waals surface area contributed by atoms with Crippen molar-refractivity contribution in [2.24, 2.45) is 5.92 Å². The molecule has 2 bridgehead atoms. The third-order valence-corrected chi connectivity index (χ3v) is 3.31. The van der Waals surface area contributed by atoms with Gasteiger partial charge in [0, 0.05) is 4.88 Å². The van der Waals surface area contributed by atoms with Crippen molar-refractivity contribution < 1.29 is 0 Å². The summed E-state index contributed by atoms with van der Waals surface area (Å²) in [7, 11) is 0. The summed E-state index contributed by atoms with van der Waals surface area (Å²) in [6.07, 6.45) is 1.31. The predicted molar refractivity (Wildman–Crippen MR) is 45.6 cm³/mol. The molecule has 0 aliphatic heterocycles. The molecule has 0 amide bonds. The Hall–Kier alpha value is -0.300. The van der Waals surface area contributed by atoms with E-state index in [2.05, 4.69) is 25.3 Å². The molecule has 1 aromatic heterocycles. The second-order valence-corrected chi connectivity index (χ2v) is 4.40. The number of thiophene rings is 1. The summed E-state index contributed by atoms with van der Waals surface area (Å²) in [4.78, 5) is 1.58. The van der Waals surface area contributed by atoms with Gasteiger partial charge in [-0.25, -0.2) is 0 Å².